The number of hydrogen-bond donors (Lipinski definition) is 2. The average molecular weight is 224 g/mol. The van der Waals surface area contributed by atoms with Crippen LogP contribution in [0.5, 0.6) is 0 Å². The Balaban J connectivity index is 1.99. The predicted molar refractivity (Wildman–Crippen MR) is 58.9 cm³/mol. The van der Waals surface area contributed by atoms with Gasteiger partial charge >= 0.3 is 0 Å². The fourth-order valence-corrected chi connectivity index (χ4v) is 1.74. The number of carbonyl (C=O) groups excluding carboxylic acids is 1. The number of rotatable bonds is 2. The molecule has 1 unspecified atom stereocenters. The van der Waals surface area contributed by atoms with Crippen molar-refractivity contribution in [2.24, 2.45) is 7.05 Å². The SMILES string of the molecule is Cn1ncc(C(=O)NC2CCCOC2)c1N. The lowest BCUT2D eigenvalue weighted by atomic mass is 10.1. The van der Waals surface area contributed by atoms with Crippen LogP contribution in [-0.4, -0.2) is 34.9 Å². The van der Waals surface area contributed by atoms with Crippen LogP contribution in [0.25, 0.3) is 0 Å². The fourth-order valence-electron chi connectivity index (χ4n) is 1.74. The third-order valence-corrected chi connectivity index (χ3v) is 2.72. The van der Waals surface area contributed by atoms with Crippen LogP contribution in [0.1, 0.15) is 23.2 Å². The summed E-state index contributed by atoms with van der Waals surface area (Å²) in [6, 6.07) is 0.0841. The molecule has 1 aromatic rings. The second kappa shape index (κ2) is 4.52. The Morgan fingerprint density at radius 1 is 1.75 bits per heavy atom. The van der Waals surface area contributed by atoms with E-state index in [-0.39, 0.29) is 11.9 Å². The Bertz CT molecular complexity index is 382. The summed E-state index contributed by atoms with van der Waals surface area (Å²) in [7, 11) is 1.70. The van der Waals surface area contributed by atoms with Crippen molar-refractivity contribution in [3.05, 3.63) is 11.8 Å². The Kier molecular flexibility index (Phi) is 3.09. The van der Waals surface area contributed by atoms with Crippen LogP contribution < -0.4 is 11.1 Å². The smallest absolute Gasteiger partial charge is 0.256 e. The van der Waals surface area contributed by atoms with E-state index in [0.29, 0.717) is 18.0 Å². The second-order valence-electron chi connectivity index (χ2n) is 3.95. The quantitative estimate of drug-likeness (QED) is 0.735. The zero-order valence-corrected chi connectivity index (χ0v) is 9.27. The molecular weight excluding hydrogens is 208 g/mol. The van der Waals surface area contributed by atoms with Crippen LogP contribution in [0.2, 0.25) is 0 Å². The number of nitrogen functional groups attached to an aromatic ring is 1. The Hall–Kier alpha value is -1.56. The summed E-state index contributed by atoms with van der Waals surface area (Å²) < 4.78 is 6.77. The van der Waals surface area contributed by atoms with Gasteiger partial charge < -0.3 is 15.8 Å². The molecule has 0 bridgehead atoms. The molecule has 1 aromatic heterocycles. The van der Waals surface area contributed by atoms with Gasteiger partial charge in [0.1, 0.15) is 11.4 Å². The molecule has 0 spiro atoms. The van der Waals surface area contributed by atoms with Gasteiger partial charge in [0.05, 0.1) is 18.8 Å². The molecule has 1 fully saturated rings. The van der Waals surface area contributed by atoms with Crippen molar-refractivity contribution in [2.45, 2.75) is 18.9 Å². The van der Waals surface area contributed by atoms with Gasteiger partial charge in [-0.15, -0.1) is 0 Å². The van der Waals surface area contributed by atoms with Gasteiger partial charge in [-0.3, -0.25) is 9.48 Å². The molecule has 16 heavy (non-hydrogen) atoms. The van der Waals surface area contributed by atoms with Crippen molar-refractivity contribution in [2.75, 3.05) is 18.9 Å². The van der Waals surface area contributed by atoms with E-state index in [1.807, 2.05) is 0 Å². The topological polar surface area (TPSA) is 82.2 Å². The predicted octanol–water partition coefficient (Wildman–Crippen LogP) is -0.0889. The minimum atomic E-state index is -0.180. The first-order valence-corrected chi connectivity index (χ1v) is 5.34. The number of hydrogen-bond acceptors (Lipinski definition) is 4. The minimum Gasteiger partial charge on any atom is -0.383 e. The molecule has 1 aliphatic heterocycles. The molecule has 1 atom stereocenters. The Morgan fingerprint density at radius 2 is 2.56 bits per heavy atom. The molecule has 0 aromatic carbocycles. The lowest BCUT2D eigenvalue weighted by Gasteiger charge is -2.22. The van der Waals surface area contributed by atoms with E-state index >= 15 is 0 Å². The van der Waals surface area contributed by atoms with E-state index in [4.69, 9.17) is 10.5 Å². The number of aromatic nitrogens is 2. The highest BCUT2D eigenvalue weighted by molar-refractivity contribution is 5.98. The first-order chi connectivity index (χ1) is 7.68. The van der Waals surface area contributed by atoms with Crippen LogP contribution in [-0.2, 0) is 11.8 Å². The van der Waals surface area contributed by atoms with E-state index in [1.54, 1.807) is 7.05 Å². The largest absolute Gasteiger partial charge is 0.383 e. The fraction of sp³-hybridized carbons (Fsp3) is 0.600. The lowest BCUT2D eigenvalue weighted by Crippen LogP contribution is -2.40. The molecule has 1 saturated heterocycles. The van der Waals surface area contributed by atoms with Gasteiger partial charge in [0.25, 0.3) is 5.91 Å². The molecule has 1 amide bonds. The lowest BCUT2D eigenvalue weighted by molar-refractivity contribution is 0.0624. The molecule has 1 aliphatic rings. The van der Waals surface area contributed by atoms with Crippen molar-refractivity contribution >= 4 is 11.7 Å². The molecule has 6 nitrogen and oxygen atoms in total. The number of ether oxygens (including phenoxy) is 1. The molecule has 6 heteroatoms. The number of aryl methyl sites for hydroxylation is 1. The van der Waals surface area contributed by atoms with E-state index in [0.717, 1.165) is 19.4 Å². The van der Waals surface area contributed by atoms with Crippen LogP contribution in [0.3, 0.4) is 0 Å². The first-order valence-electron chi connectivity index (χ1n) is 5.34. The highest BCUT2D eigenvalue weighted by Gasteiger charge is 2.19. The number of amides is 1. The van der Waals surface area contributed by atoms with Crippen LogP contribution in [0.4, 0.5) is 5.82 Å². The highest BCUT2D eigenvalue weighted by Crippen LogP contribution is 2.11. The van der Waals surface area contributed by atoms with Gasteiger partial charge in [-0.05, 0) is 12.8 Å². The highest BCUT2D eigenvalue weighted by atomic mass is 16.5. The number of carbonyl (C=O) groups is 1. The van der Waals surface area contributed by atoms with Crippen molar-refractivity contribution in [1.29, 1.82) is 0 Å². The molecule has 2 heterocycles. The molecule has 0 aliphatic carbocycles. The van der Waals surface area contributed by atoms with E-state index < -0.39 is 0 Å². The van der Waals surface area contributed by atoms with E-state index in [9.17, 15) is 4.79 Å². The van der Waals surface area contributed by atoms with Crippen molar-refractivity contribution in [1.82, 2.24) is 15.1 Å². The minimum absolute atomic E-state index is 0.0841. The summed E-state index contributed by atoms with van der Waals surface area (Å²) in [5.74, 6) is 0.204. The van der Waals surface area contributed by atoms with E-state index in [2.05, 4.69) is 10.4 Å². The molecule has 3 N–H and O–H groups in total. The monoisotopic (exact) mass is 224 g/mol. The molecule has 2 rings (SSSR count). The summed E-state index contributed by atoms with van der Waals surface area (Å²) in [6.45, 7) is 1.35. The standard InChI is InChI=1S/C10H16N4O2/c1-14-9(11)8(5-12-14)10(15)13-7-3-2-4-16-6-7/h5,7H,2-4,6,11H2,1H3,(H,13,15). The Labute approximate surface area is 93.8 Å². The third kappa shape index (κ3) is 2.16. The number of nitrogens with zero attached hydrogens (tertiary/aromatic N) is 2. The summed E-state index contributed by atoms with van der Waals surface area (Å²) in [5.41, 5.74) is 6.14. The van der Waals surface area contributed by atoms with Gasteiger partial charge in [-0.25, -0.2) is 0 Å². The van der Waals surface area contributed by atoms with Crippen LogP contribution in [0.15, 0.2) is 6.20 Å². The normalized spacial score (nSPS) is 20.7. The second-order valence-corrected chi connectivity index (χ2v) is 3.95. The van der Waals surface area contributed by atoms with Crippen LogP contribution >= 0.6 is 0 Å². The van der Waals surface area contributed by atoms with Gasteiger partial charge in [0, 0.05) is 13.7 Å². The zero-order chi connectivity index (χ0) is 11.5. The summed E-state index contributed by atoms with van der Waals surface area (Å²) in [4.78, 5) is 11.8. The summed E-state index contributed by atoms with van der Waals surface area (Å²) in [6.07, 6.45) is 3.41. The molecule has 0 radical (unpaired) electrons. The average Bonchev–Trinajstić information content (AvgIpc) is 2.61. The summed E-state index contributed by atoms with van der Waals surface area (Å²) >= 11 is 0. The van der Waals surface area contributed by atoms with Gasteiger partial charge in [-0.2, -0.15) is 5.10 Å². The number of anilines is 1. The Morgan fingerprint density at radius 3 is 3.12 bits per heavy atom. The van der Waals surface area contributed by atoms with Gasteiger partial charge in [-0.1, -0.05) is 0 Å². The number of nitrogens with two attached hydrogens (primary N) is 1. The van der Waals surface area contributed by atoms with Gasteiger partial charge in [0.15, 0.2) is 0 Å². The van der Waals surface area contributed by atoms with E-state index in [1.165, 1.54) is 10.9 Å². The van der Waals surface area contributed by atoms with Gasteiger partial charge in [0.2, 0.25) is 0 Å². The maximum Gasteiger partial charge on any atom is 0.256 e. The van der Waals surface area contributed by atoms with Crippen molar-refractivity contribution < 1.29 is 9.53 Å². The maximum atomic E-state index is 11.8. The van der Waals surface area contributed by atoms with Crippen molar-refractivity contribution in [3.8, 4) is 0 Å². The zero-order valence-electron chi connectivity index (χ0n) is 9.27. The van der Waals surface area contributed by atoms with Crippen LogP contribution in [0, 0.1) is 0 Å². The van der Waals surface area contributed by atoms with Crippen molar-refractivity contribution in [3.63, 3.8) is 0 Å². The number of nitrogens with one attached hydrogen (secondary N) is 1. The molecular formula is C10H16N4O2. The summed E-state index contributed by atoms with van der Waals surface area (Å²) in [5, 5.41) is 6.82. The maximum absolute atomic E-state index is 11.8. The first kappa shape index (κ1) is 10.9. The third-order valence-electron chi connectivity index (χ3n) is 2.72. The molecule has 0 saturated carbocycles. The molecule has 88 valence electrons.